The zero-order valence-electron chi connectivity index (χ0n) is 8.68. The van der Waals surface area contributed by atoms with Crippen molar-refractivity contribution in [1.82, 2.24) is 0 Å². The van der Waals surface area contributed by atoms with E-state index >= 15 is 0 Å². The summed E-state index contributed by atoms with van der Waals surface area (Å²) in [7, 11) is 0. The van der Waals surface area contributed by atoms with Crippen LogP contribution in [0, 0.1) is 12.8 Å². The van der Waals surface area contributed by atoms with Crippen molar-refractivity contribution in [3.8, 4) is 0 Å². The highest BCUT2D eigenvalue weighted by Gasteiger charge is 2.51. The molecule has 0 radical (unpaired) electrons. The van der Waals surface area contributed by atoms with Crippen LogP contribution in [0.1, 0.15) is 30.9 Å². The molecule has 2 unspecified atom stereocenters. The molecule has 1 aliphatic carbocycles. The van der Waals surface area contributed by atoms with Gasteiger partial charge in [-0.3, -0.25) is 0 Å². The Morgan fingerprint density at radius 2 is 2.29 bits per heavy atom. The first-order valence-electron chi connectivity index (χ1n) is 5.13. The van der Waals surface area contributed by atoms with Gasteiger partial charge in [-0.25, -0.2) is 0 Å². The summed E-state index contributed by atoms with van der Waals surface area (Å²) in [5, 5.41) is 0. The minimum absolute atomic E-state index is 0.0543. The second-order valence-corrected chi connectivity index (χ2v) is 5.19. The predicted molar refractivity (Wildman–Crippen MR) is 63.1 cm³/mol. The van der Waals surface area contributed by atoms with E-state index in [1.165, 1.54) is 17.5 Å². The van der Waals surface area contributed by atoms with Gasteiger partial charge < -0.3 is 5.73 Å². The highest BCUT2D eigenvalue weighted by atomic mass is 79.9. The summed E-state index contributed by atoms with van der Waals surface area (Å²) in [5.74, 6) is 0.668. The first-order valence-corrected chi connectivity index (χ1v) is 5.92. The molecule has 0 aliphatic heterocycles. The number of hydrogen-bond acceptors (Lipinski definition) is 1. The number of aryl methyl sites for hydroxylation is 1. The summed E-state index contributed by atoms with van der Waals surface area (Å²) < 4.78 is 1.16. The molecule has 0 amide bonds. The normalized spacial score (nSPS) is 30.4. The molecule has 0 heterocycles. The van der Waals surface area contributed by atoms with E-state index in [9.17, 15) is 0 Å². The Bertz CT molecular complexity index is 361. The number of nitrogens with two attached hydrogens (primary N) is 1. The molecule has 0 bridgehead atoms. The molecule has 0 saturated heterocycles. The average Bonchev–Trinajstić information content (AvgIpc) is 2.77. The fourth-order valence-corrected chi connectivity index (χ4v) is 3.05. The molecule has 1 aliphatic rings. The summed E-state index contributed by atoms with van der Waals surface area (Å²) in [6, 6.07) is 6.45. The minimum atomic E-state index is -0.0543. The molecular weight excluding hydrogens is 238 g/mol. The molecule has 1 aromatic rings. The van der Waals surface area contributed by atoms with E-state index in [4.69, 9.17) is 5.73 Å². The van der Waals surface area contributed by atoms with Gasteiger partial charge in [0.2, 0.25) is 0 Å². The van der Waals surface area contributed by atoms with Gasteiger partial charge in [-0.2, -0.15) is 0 Å². The molecule has 2 rings (SSSR count). The van der Waals surface area contributed by atoms with E-state index in [1.54, 1.807) is 0 Å². The molecule has 2 atom stereocenters. The summed E-state index contributed by atoms with van der Waals surface area (Å²) >= 11 is 3.60. The van der Waals surface area contributed by atoms with Gasteiger partial charge >= 0.3 is 0 Å². The zero-order chi connectivity index (χ0) is 10.3. The quantitative estimate of drug-likeness (QED) is 0.860. The number of benzene rings is 1. The van der Waals surface area contributed by atoms with Gasteiger partial charge in [-0.15, -0.1) is 0 Å². The van der Waals surface area contributed by atoms with Crippen LogP contribution in [0.5, 0.6) is 0 Å². The fourth-order valence-electron chi connectivity index (χ4n) is 2.18. The molecule has 1 nitrogen and oxygen atoms in total. The van der Waals surface area contributed by atoms with E-state index < -0.39 is 0 Å². The van der Waals surface area contributed by atoms with Crippen molar-refractivity contribution >= 4 is 15.9 Å². The molecule has 2 N–H and O–H groups in total. The molecule has 1 saturated carbocycles. The first kappa shape index (κ1) is 10.2. The van der Waals surface area contributed by atoms with Crippen LogP contribution in [0.2, 0.25) is 0 Å². The van der Waals surface area contributed by atoms with E-state index in [-0.39, 0.29) is 5.54 Å². The Morgan fingerprint density at radius 3 is 2.79 bits per heavy atom. The van der Waals surface area contributed by atoms with Crippen molar-refractivity contribution in [2.45, 2.75) is 32.2 Å². The Morgan fingerprint density at radius 1 is 1.57 bits per heavy atom. The van der Waals surface area contributed by atoms with Crippen molar-refractivity contribution in [2.24, 2.45) is 11.7 Å². The average molecular weight is 254 g/mol. The summed E-state index contributed by atoms with van der Waals surface area (Å²) in [4.78, 5) is 0. The predicted octanol–water partition coefficient (Wildman–Crippen LogP) is 3.34. The van der Waals surface area contributed by atoms with E-state index in [2.05, 4.69) is 48.0 Å². The second-order valence-electron chi connectivity index (χ2n) is 4.33. The monoisotopic (exact) mass is 253 g/mol. The molecule has 0 spiro atoms. The van der Waals surface area contributed by atoms with Crippen molar-refractivity contribution in [1.29, 1.82) is 0 Å². The summed E-state index contributed by atoms with van der Waals surface area (Å²) in [6.07, 6.45) is 2.31. The molecule has 1 fully saturated rings. The van der Waals surface area contributed by atoms with Gasteiger partial charge in [-0.1, -0.05) is 41.4 Å². The van der Waals surface area contributed by atoms with E-state index in [0.29, 0.717) is 5.92 Å². The van der Waals surface area contributed by atoms with Crippen LogP contribution in [0.3, 0.4) is 0 Å². The lowest BCUT2D eigenvalue weighted by molar-refractivity contribution is 0.613. The Labute approximate surface area is 93.8 Å². The van der Waals surface area contributed by atoms with Gasteiger partial charge in [0.1, 0.15) is 0 Å². The standard InChI is InChI=1S/C12H16BrN/c1-3-9-7-12(9,14)10-5-4-8(2)6-11(10)13/h4-6,9H,3,7,14H2,1-2H3. The highest BCUT2D eigenvalue weighted by Crippen LogP contribution is 2.53. The number of halogens is 1. The second kappa shape index (κ2) is 3.35. The molecule has 0 aromatic heterocycles. The van der Waals surface area contributed by atoms with Crippen molar-refractivity contribution < 1.29 is 0 Å². The zero-order valence-corrected chi connectivity index (χ0v) is 10.3. The smallest absolute Gasteiger partial charge is 0.0453 e. The van der Waals surface area contributed by atoms with Crippen LogP contribution in [-0.2, 0) is 5.54 Å². The van der Waals surface area contributed by atoms with Crippen molar-refractivity contribution in [2.75, 3.05) is 0 Å². The summed E-state index contributed by atoms with van der Waals surface area (Å²) in [6.45, 7) is 4.31. The third-order valence-electron chi connectivity index (χ3n) is 3.27. The lowest BCUT2D eigenvalue weighted by Crippen LogP contribution is -2.22. The van der Waals surface area contributed by atoms with Crippen molar-refractivity contribution in [3.63, 3.8) is 0 Å². The third-order valence-corrected chi connectivity index (χ3v) is 3.93. The van der Waals surface area contributed by atoms with E-state index in [0.717, 1.165) is 10.9 Å². The SMILES string of the molecule is CCC1CC1(N)c1ccc(C)cc1Br. The lowest BCUT2D eigenvalue weighted by atomic mass is 10.0. The largest absolute Gasteiger partial charge is 0.321 e. The number of rotatable bonds is 2. The van der Waals surface area contributed by atoms with Crippen LogP contribution in [0.25, 0.3) is 0 Å². The Balaban J connectivity index is 2.34. The van der Waals surface area contributed by atoms with E-state index in [1.807, 2.05) is 0 Å². The lowest BCUT2D eigenvalue weighted by Gasteiger charge is -2.14. The maximum Gasteiger partial charge on any atom is 0.0453 e. The van der Waals surface area contributed by atoms with Gasteiger partial charge in [0.25, 0.3) is 0 Å². The summed E-state index contributed by atoms with van der Waals surface area (Å²) in [5.41, 5.74) is 8.84. The van der Waals surface area contributed by atoms with Crippen molar-refractivity contribution in [3.05, 3.63) is 33.8 Å². The Kier molecular flexibility index (Phi) is 2.44. The van der Waals surface area contributed by atoms with Gasteiger partial charge in [0.05, 0.1) is 0 Å². The van der Waals surface area contributed by atoms with Gasteiger partial charge in [0, 0.05) is 10.0 Å². The molecular formula is C12H16BrN. The van der Waals surface area contributed by atoms with Crippen LogP contribution < -0.4 is 5.73 Å². The van der Waals surface area contributed by atoms with Crippen LogP contribution in [-0.4, -0.2) is 0 Å². The topological polar surface area (TPSA) is 26.0 Å². The molecule has 2 heteroatoms. The molecule has 1 aromatic carbocycles. The van der Waals surface area contributed by atoms with Crippen LogP contribution >= 0.6 is 15.9 Å². The number of hydrogen-bond donors (Lipinski definition) is 1. The molecule has 14 heavy (non-hydrogen) atoms. The van der Waals surface area contributed by atoms with Gasteiger partial charge in [-0.05, 0) is 36.5 Å². The Hall–Kier alpha value is -0.340. The molecule has 76 valence electrons. The highest BCUT2D eigenvalue weighted by molar-refractivity contribution is 9.10. The third kappa shape index (κ3) is 1.51. The van der Waals surface area contributed by atoms with Gasteiger partial charge in [0.15, 0.2) is 0 Å². The fraction of sp³-hybridized carbons (Fsp3) is 0.500. The first-order chi connectivity index (χ1) is 6.58. The van der Waals surface area contributed by atoms with Crippen LogP contribution in [0.15, 0.2) is 22.7 Å². The maximum absolute atomic E-state index is 6.34. The van der Waals surface area contributed by atoms with Crippen LogP contribution in [0.4, 0.5) is 0 Å². The minimum Gasteiger partial charge on any atom is -0.321 e. The maximum atomic E-state index is 6.34.